The standard InChI is InChI=1S/C14H26N2OS/c1-10-4-3-9-15-13(10)14(17)16-11-5-7-12(18-2)8-6-11/h10-13,15H,3-9H2,1-2H3,(H,16,17). The predicted molar refractivity (Wildman–Crippen MR) is 77.9 cm³/mol. The molecule has 1 amide bonds. The number of amides is 1. The lowest BCUT2D eigenvalue weighted by molar-refractivity contribution is -0.125. The van der Waals surface area contributed by atoms with Crippen LogP contribution in [0.25, 0.3) is 0 Å². The number of hydrogen-bond donors (Lipinski definition) is 2. The van der Waals surface area contributed by atoms with E-state index in [0.29, 0.717) is 12.0 Å². The van der Waals surface area contributed by atoms with E-state index in [1.54, 1.807) is 0 Å². The van der Waals surface area contributed by atoms with E-state index >= 15 is 0 Å². The molecule has 2 rings (SSSR count). The minimum atomic E-state index is 0.0389. The molecule has 1 aliphatic heterocycles. The number of rotatable bonds is 3. The minimum Gasteiger partial charge on any atom is -0.352 e. The van der Waals surface area contributed by atoms with Crippen molar-refractivity contribution in [2.75, 3.05) is 12.8 Å². The molecule has 0 spiro atoms. The molecular weight excluding hydrogens is 244 g/mol. The summed E-state index contributed by atoms with van der Waals surface area (Å²) < 4.78 is 0. The van der Waals surface area contributed by atoms with Crippen LogP contribution < -0.4 is 10.6 Å². The molecule has 1 saturated carbocycles. The van der Waals surface area contributed by atoms with Gasteiger partial charge >= 0.3 is 0 Å². The average Bonchev–Trinajstić information content (AvgIpc) is 2.40. The summed E-state index contributed by atoms with van der Waals surface area (Å²) in [6, 6.07) is 0.453. The maximum Gasteiger partial charge on any atom is 0.237 e. The molecule has 2 N–H and O–H groups in total. The van der Waals surface area contributed by atoms with E-state index in [4.69, 9.17) is 0 Å². The van der Waals surface area contributed by atoms with Crippen LogP contribution in [0.15, 0.2) is 0 Å². The molecule has 0 aromatic rings. The molecule has 2 atom stereocenters. The van der Waals surface area contributed by atoms with Gasteiger partial charge in [-0.15, -0.1) is 0 Å². The number of nitrogens with one attached hydrogen (secondary N) is 2. The van der Waals surface area contributed by atoms with Crippen LogP contribution >= 0.6 is 11.8 Å². The van der Waals surface area contributed by atoms with Gasteiger partial charge in [-0.1, -0.05) is 6.92 Å². The van der Waals surface area contributed by atoms with Gasteiger partial charge in [-0.2, -0.15) is 11.8 Å². The van der Waals surface area contributed by atoms with Gasteiger partial charge in [0.15, 0.2) is 0 Å². The smallest absolute Gasteiger partial charge is 0.237 e. The summed E-state index contributed by atoms with van der Waals surface area (Å²) in [5.41, 5.74) is 0. The maximum absolute atomic E-state index is 12.2. The number of hydrogen-bond acceptors (Lipinski definition) is 3. The maximum atomic E-state index is 12.2. The Kier molecular flexibility index (Phi) is 5.37. The zero-order chi connectivity index (χ0) is 13.0. The van der Waals surface area contributed by atoms with Gasteiger partial charge in [0.25, 0.3) is 0 Å². The number of carbonyl (C=O) groups excluding carboxylic acids is 1. The Balaban J connectivity index is 1.77. The molecule has 2 fully saturated rings. The summed E-state index contributed by atoms with van der Waals surface area (Å²) in [6.45, 7) is 3.17. The Labute approximate surface area is 115 Å². The average molecular weight is 270 g/mol. The van der Waals surface area contributed by atoms with Crippen molar-refractivity contribution in [1.29, 1.82) is 0 Å². The van der Waals surface area contributed by atoms with Gasteiger partial charge in [0.05, 0.1) is 6.04 Å². The zero-order valence-corrected chi connectivity index (χ0v) is 12.4. The summed E-state index contributed by atoms with van der Waals surface area (Å²) in [4.78, 5) is 12.2. The molecule has 104 valence electrons. The number of thioether (sulfide) groups is 1. The Hall–Kier alpha value is -0.220. The van der Waals surface area contributed by atoms with Crippen LogP contribution in [-0.4, -0.2) is 36.0 Å². The van der Waals surface area contributed by atoms with Crippen molar-refractivity contribution in [1.82, 2.24) is 10.6 Å². The molecule has 1 aliphatic carbocycles. The van der Waals surface area contributed by atoms with Crippen molar-refractivity contribution in [3.05, 3.63) is 0 Å². The molecule has 1 saturated heterocycles. The van der Waals surface area contributed by atoms with Crippen LogP contribution in [0.2, 0.25) is 0 Å². The molecule has 2 unspecified atom stereocenters. The highest BCUT2D eigenvalue weighted by atomic mass is 32.2. The van der Waals surface area contributed by atoms with Crippen LogP contribution in [-0.2, 0) is 4.79 Å². The molecule has 3 nitrogen and oxygen atoms in total. The Bertz CT molecular complexity index is 277. The minimum absolute atomic E-state index is 0.0389. The van der Waals surface area contributed by atoms with Crippen LogP contribution in [0, 0.1) is 5.92 Å². The summed E-state index contributed by atoms with van der Waals surface area (Å²) in [7, 11) is 0. The Morgan fingerprint density at radius 2 is 1.94 bits per heavy atom. The van der Waals surface area contributed by atoms with E-state index in [9.17, 15) is 4.79 Å². The summed E-state index contributed by atoms with van der Waals surface area (Å²) in [6.07, 6.45) is 9.36. The SMILES string of the molecule is CSC1CCC(NC(=O)C2NCCCC2C)CC1. The first kappa shape index (κ1) is 14.2. The second kappa shape index (κ2) is 6.80. The van der Waals surface area contributed by atoms with Crippen LogP contribution in [0.3, 0.4) is 0 Å². The molecule has 1 heterocycles. The molecule has 0 radical (unpaired) electrons. The molecule has 18 heavy (non-hydrogen) atoms. The number of carbonyl (C=O) groups is 1. The largest absolute Gasteiger partial charge is 0.352 e. The second-order valence-electron chi connectivity index (χ2n) is 5.77. The first-order valence-electron chi connectivity index (χ1n) is 7.27. The van der Waals surface area contributed by atoms with Crippen LogP contribution in [0.1, 0.15) is 45.4 Å². The van der Waals surface area contributed by atoms with Gasteiger partial charge in [-0.3, -0.25) is 4.79 Å². The molecular formula is C14H26N2OS. The van der Waals surface area contributed by atoms with Gasteiger partial charge in [0, 0.05) is 11.3 Å². The van der Waals surface area contributed by atoms with E-state index in [-0.39, 0.29) is 11.9 Å². The highest BCUT2D eigenvalue weighted by molar-refractivity contribution is 7.99. The van der Waals surface area contributed by atoms with Crippen LogP contribution in [0.5, 0.6) is 0 Å². The molecule has 0 bridgehead atoms. The normalized spacial score (nSPS) is 37.2. The van der Waals surface area contributed by atoms with E-state index in [2.05, 4.69) is 23.8 Å². The third-order valence-electron chi connectivity index (χ3n) is 4.41. The third-order valence-corrected chi connectivity index (χ3v) is 5.54. The summed E-state index contributed by atoms with van der Waals surface area (Å²) >= 11 is 1.97. The molecule has 2 aliphatic rings. The van der Waals surface area contributed by atoms with Crippen molar-refractivity contribution in [2.45, 2.75) is 62.8 Å². The van der Waals surface area contributed by atoms with Crippen LogP contribution in [0.4, 0.5) is 0 Å². The van der Waals surface area contributed by atoms with Crippen molar-refractivity contribution >= 4 is 17.7 Å². The third kappa shape index (κ3) is 3.64. The molecule has 4 heteroatoms. The zero-order valence-electron chi connectivity index (χ0n) is 11.6. The van der Waals surface area contributed by atoms with E-state index in [1.807, 2.05) is 11.8 Å². The van der Waals surface area contributed by atoms with E-state index < -0.39 is 0 Å². The van der Waals surface area contributed by atoms with Gasteiger partial charge in [0.2, 0.25) is 5.91 Å². The Morgan fingerprint density at radius 3 is 2.56 bits per heavy atom. The first-order chi connectivity index (χ1) is 8.70. The quantitative estimate of drug-likeness (QED) is 0.826. The van der Waals surface area contributed by atoms with Crippen molar-refractivity contribution in [3.8, 4) is 0 Å². The van der Waals surface area contributed by atoms with Gasteiger partial charge in [-0.05, 0) is 57.2 Å². The highest BCUT2D eigenvalue weighted by Gasteiger charge is 2.29. The monoisotopic (exact) mass is 270 g/mol. The topological polar surface area (TPSA) is 41.1 Å². The fraction of sp³-hybridized carbons (Fsp3) is 0.929. The lowest BCUT2D eigenvalue weighted by Crippen LogP contribution is -2.53. The summed E-state index contributed by atoms with van der Waals surface area (Å²) in [5, 5.41) is 7.43. The fourth-order valence-electron chi connectivity index (χ4n) is 3.13. The van der Waals surface area contributed by atoms with E-state index in [0.717, 1.165) is 24.6 Å². The van der Waals surface area contributed by atoms with Crippen molar-refractivity contribution < 1.29 is 4.79 Å². The van der Waals surface area contributed by atoms with Crippen molar-refractivity contribution in [2.24, 2.45) is 5.92 Å². The van der Waals surface area contributed by atoms with Gasteiger partial charge in [0.1, 0.15) is 0 Å². The fourth-order valence-corrected chi connectivity index (χ4v) is 3.88. The van der Waals surface area contributed by atoms with Gasteiger partial charge < -0.3 is 10.6 Å². The summed E-state index contributed by atoms with van der Waals surface area (Å²) in [5.74, 6) is 0.705. The highest BCUT2D eigenvalue weighted by Crippen LogP contribution is 2.27. The number of piperidine rings is 1. The van der Waals surface area contributed by atoms with E-state index in [1.165, 1.54) is 25.7 Å². The lowest BCUT2D eigenvalue weighted by atomic mass is 9.90. The lowest BCUT2D eigenvalue weighted by Gasteiger charge is -2.33. The first-order valence-corrected chi connectivity index (χ1v) is 8.56. The molecule has 0 aromatic carbocycles. The predicted octanol–water partition coefficient (Wildman–Crippen LogP) is 2.16. The second-order valence-corrected chi connectivity index (χ2v) is 6.91. The molecule has 0 aromatic heterocycles. The van der Waals surface area contributed by atoms with Gasteiger partial charge in [-0.25, -0.2) is 0 Å². The Morgan fingerprint density at radius 1 is 1.22 bits per heavy atom. The van der Waals surface area contributed by atoms with Crippen molar-refractivity contribution in [3.63, 3.8) is 0 Å².